The van der Waals surface area contributed by atoms with Crippen molar-refractivity contribution in [1.29, 1.82) is 0 Å². The first kappa shape index (κ1) is 13.8. The van der Waals surface area contributed by atoms with Crippen LogP contribution >= 0.6 is 0 Å². The highest BCUT2D eigenvalue weighted by Crippen LogP contribution is 2.20. The number of methoxy groups -OCH3 is 2. The zero-order valence-electron chi connectivity index (χ0n) is 11.4. The van der Waals surface area contributed by atoms with E-state index in [4.69, 9.17) is 9.47 Å². The lowest BCUT2D eigenvalue weighted by Gasteiger charge is -2.26. The molecular formula is C13H24N2O3. The molecule has 0 aromatic carbocycles. The summed E-state index contributed by atoms with van der Waals surface area (Å²) in [4.78, 5) is 15.9. The largest absolute Gasteiger partial charge is 0.383 e. The second kappa shape index (κ2) is 6.50. The summed E-state index contributed by atoms with van der Waals surface area (Å²) in [6.45, 7) is 4.39. The SMILES string of the molecule is COC[C@@H]1C[C@@H](OC)CN1CCN1CCCC1=O. The average Bonchev–Trinajstić information content (AvgIpc) is 2.94. The van der Waals surface area contributed by atoms with E-state index in [1.54, 1.807) is 14.2 Å². The van der Waals surface area contributed by atoms with E-state index in [0.29, 0.717) is 18.1 Å². The fraction of sp³-hybridized carbons (Fsp3) is 0.923. The minimum absolute atomic E-state index is 0.305. The summed E-state index contributed by atoms with van der Waals surface area (Å²) < 4.78 is 10.7. The number of hydrogen-bond donors (Lipinski definition) is 0. The third kappa shape index (κ3) is 3.22. The molecule has 5 nitrogen and oxygen atoms in total. The Hall–Kier alpha value is -0.650. The van der Waals surface area contributed by atoms with Gasteiger partial charge in [-0.05, 0) is 12.8 Å². The molecule has 0 aromatic heterocycles. The molecule has 0 aromatic rings. The first-order valence-electron chi connectivity index (χ1n) is 6.78. The lowest BCUT2D eigenvalue weighted by molar-refractivity contribution is -0.127. The highest BCUT2D eigenvalue weighted by Gasteiger charge is 2.32. The Morgan fingerprint density at radius 3 is 2.78 bits per heavy atom. The topological polar surface area (TPSA) is 42.0 Å². The molecule has 5 heteroatoms. The van der Waals surface area contributed by atoms with Gasteiger partial charge in [0.25, 0.3) is 0 Å². The van der Waals surface area contributed by atoms with Crippen molar-refractivity contribution in [2.75, 3.05) is 47.0 Å². The van der Waals surface area contributed by atoms with Gasteiger partial charge in [-0.2, -0.15) is 0 Å². The van der Waals surface area contributed by atoms with Crippen LogP contribution < -0.4 is 0 Å². The molecule has 0 saturated carbocycles. The molecule has 0 spiro atoms. The van der Waals surface area contributed by atoms with E-state index in [-0.39, 0.29) is 0 Å². The normalized spacial score (nSPS) is 29.4. The summed E-state index contributed by atoms with van der Waals surface area (Å²) in [5.41, 5.74) is 0. The van der Waals surface area contributed by atoms with Gasteiger partial charge in [0.1, 0.15) is 0 Å². The van der Waals surface area contributed by atoms with Crippen molar-refractivity contribution in [2.24, 2.45) is 0 Å². The van der Waals surface area contributed by atoms with Gasteiger partial charge in [0.15, 0.2) is 0 Å². The van der Waals surface area contributed by atoms with E-state index in [1.807, 2.05) is 4.90 Å². The molecule has 2 aliphatic rings. The zero-order valence-corrected chi connectivity index (χ0v) is 11.4. The van der Waals surface area contributed by atoms with Gasteiger partial charge in [0.05, 0.1) is 12.7 Å². The molecule has 104 valence electrons. The number of amides is 1. The molecule has 0 radical (unpaired) electrons. The summed E-state index contributed by atoms with van der Waals surface area (Å²) >= 11 is 0. The molecule has 0 unspecified atom stereocenters. The van der Waals surface area contributed by atoms with Crippen LogP contribution in [0.5, 0.6) is 0 Å². The molecule has 2 aliphatic heterocycles. The molecule has 2 heterocycles. The average molecular weight is 256 g/mol. The van der Waals surface area contributed by atoms with Crippen LogP contribution in [0, 0.1) is 0 Å². The summed E-state index contributed by atoms with van der Waals surface area (Å²) in [7, 11) is 3.50. The van der Waals surface area contributed by atoms with Crippen molar-refractivity contribution in [1.82, 2.24) is 9.80 Å². The van der Waals surface area contributed by atoms with Crippen LogP contribution in [-0.2, 0) is 14.3 Å². The number of ether oxygens (including phenoxy) is 2. The lowest BCUT2D eigenvalue weighted by atomic mass is 10.2. The summed E-state index contributed by atoms with van der Waals surface area (Å²) in [6, 6.07) is 0.428. The van der Waals surface area contributed by atoms with Crippen molar-refractivity contribution in [3.05, 3.63) is 0 Å². The van der Waals surface area contributed by atoms with E-state index in [9.17, 15) is 4.79 Å². The Morgan fingerprint density at radius 1 is 1.33 bits per heavy atom. The number of hydrogen-bond acceptors (Lipinski definition) is 4. The van der Waals surface area contributed by atoms with Gasteiger partial charge in [-0.3, -0.25) is 9.69 Å². The van der Waals surface area contributed by atoms with E-state index in [0.717, 1.165) is 52.0 Å². The fourth-order valence-corrected chi connectivity index (χ4v) is 2.94. The highest BCUT2D eigenvalue weighted by molar-refractivity contribution is 5.78. The molecular weight excluding hydrogens is 232 g/mol. The van der Waals surface area contributed by atoms with Gasteiger partial charge in [0, 0.05) is 52.9 Å². The molecule has 1 amide bonds. The van der Waals surface area contributed by atoms with Gasteiger partial charge in [-0.1, -0.05) is 0 Å². The number of likely N-dealkylation sites (tertiary alicyclic amines) is 2. The van der Waals surface area contributed by atoms with Crippen LogP contribution in [0.2, 0.25) is 0 Å². The molecule has 2 rings (SSSR count). The Balaban J connectivity index is 1.80. The van der Waals surface area contributed by atoms with E-state index < -0.39 is 0 Å². The highest BCUT2D eigenvalue weighted by atomic mass is 16.5. The van der Waals surface area contributed by atoms with Gasteiger partial charge in [-0.15, -0.1) is 0 Å². The van der Waals surface area contributed by atoms with Crippen LogP contribution in [0.25, 0.3) is 0 Å². The van der Waals surface area contributed by atoms with Crippen molar-refractivity contribution in [3.63, 3.8) is 0 Å². The number of carbonyl (C=O) groups is 1. The van der Waals surface area contributed by atoms with E-state index in [2.05, 4.69) is 4.90 Å². The van der Waals surface area contributed by atoms with Gasteiger partial charge >= 0.3 is 0 Å². The Kier molecular flexibility index (Phi) is 4.97. The maximum absolute atomic E-state index is 11.6. The smallest absolute Gasteiger partial charge is 0.222 e. The van der Waals surface area contributed by atoms with E-state index >= 15 is 0 Å². The molecule has 2 fully saturated rings. The molecule has 2 atom stereocenters. The van der Waals surface area contributed by atoms with Gasteiger partial charge < -0.3 is 14.4 Å². The van der Waals surface area contributed by atoms with Crippen LogP contribution in [-0.4, -0.2) is 74.9 Å². The minimum atomic E-state index is 0.305. The maximum Gasteiger partial charge on any atom is 0.222 e. The predicted molar refractivity (Wildman–Crippen MR) is 68.5 cm³/mol. The Morgan fingerprint density at radius 2 is 2.17 bits per heavy atom. The monoisotopic (exact) mass is 256 g/mol. The molecule has 0 bridgehead atoms. The minimum Gasteiger partial charge on any atom is -0.383 e. The molecule has 0 N–H and O–H groups in total. The third-order valence-corrected chi connectivity index (χ3v) is 4.01. The van der Waals surface area contributed by atoms with Crippen molar-refractivity contribution < 1.29 is 14.3 Å². The Labute approximate surface area is 109 Å². The van der Waals surface area contributed by atoms with Crippen molar-refractivity contribution in [3.8, 4) is 0 Å². The van der Waals surface area contributed by atoms with Crippen LogP contribution in [0.1, 0.15) is 19.3 Å². The number of nitrogens with zero attached hydrogens (tertiary/aromatic N) is 2. The maximum atomic E-state index is 11.6. The first-order valence-corrected chi connectivity index (χ1v) is 6.78. The lowest BCUT2D eigenvalue weighted by Crippen LogP contribution is -2.40. The van der Waals surface area contributed by atoms with Gasteiger partial charge in [0.2, 0.25) is 5.91 Å². The molecule has 2 saturated heterocycles. The van der Waals surface area contributed by atoms with Crippen LogP contribution in [0.4, 0.5) is 0 Å². The molecule has 18 heavy (non-hydrogen) atoms. The van der Waals surface area contributed by atoms with Gasteiger partial charge in [-0.25, -0.2) is 0 Å². The summed E-state index contributed by atoms with van der Waals surface area (Å²) in [6.07, 6.45) is 3.07. The fourth-order valence-electron chi connectivity index (χ4n) is 2.94. The number of rotatable bonds is 6. The summed E-state index contributed by atoms with van der Waals surface area (Å²) in [5.74, 6) is 0.306. The number of carbonyl (C=O) groups excluding carboxylic acids is 1. The summed E-state index contributed by atoms with van der Waals surface area (Å²) in [5, 5.41) is 0. The van der Waals surface area contributed by atoms with E-state index in [1.165, 1.54) is 0 Å². The Bertz CT molecular complexity index is 285. The van der Waals surface area contributed by atoms with Crippen LogP contribution in [0.15, 0.2) is 0 Å². The zero-order chi connectivity index (χ0) is 13.0. The van der Waals surface area contributed by atoms with Crippen LogP contribution in [0.3, 0.4) is 0 Å². The quantitative estimate of drug-likeness (QED) is 0.687. The first-order chi connectivity index (χ1) is 8.74. The van der Waals surface area contributed by atoms with Crippen molar-refractivity contribution in [2.45, 2.75) is 31.4 Å². The standard InChI is InChI=1S/C13H24N2O3/c1-17-10-11-8-12(18-2)9-15(11)7-6-14-5-3-4-13(14)16/h11-12H,3-10H2,1-2H3/t11-,12+/m0/s1. The second-order valence-electron chi connectivity index (χ2n) is 5.18. The predicted octanol–water partition coefficient (Wildman–Crippen LogP) is 0.345. The third-order valence-electron chi connectivity index (χ3n) is 4.01. The molecule has 0 aliphatic carbocycles. The second-order valence-corrected chi connectivity index (χ2v) is 5.18. The van der Waals surface area contributed by atoms with Crippen molar-refractivity contribution >= 4 is 5.91 Å².